The van der Waals surface area contributed by atoms with Crippen molar-refractivity contribution in [3.63, 3.8) is 0 Å². The van der Waals surface area contributed by atoms with Gasteiger partial charge in [-0.15, -0.1) is 11.8 Å². The molecule has 1 fully saturated rings. The third-order valence-corrected chi connectivity index (χ3v) is 6.03. The van der Waals surface area contributed by atoms with E-state index in [1.807, 2.05) is 48.7 Å². The molecule has 4 rings (SSSR count). The molecule has 2 heterocycles. The Hall–Kier alpha value is -3.63. The number of primary amides is 1. The molecule has 0 bridgehead atoms. The molecule has 3 aromatic rings. The Morgan fingerprint density at radius 3 is 2.26 bits per heavy atom. The Morgan fingerprint density at radius 1 is 1.00 bits per heavy atom. The topological polar surface area (TPSA) is 122 Å². The molecule has 0 atom stereocenters. The Balaban J connectivity index is 1.58. The van der Waals surface area contributed by atoms with Gasteiger partial charge in [-0.05, 0) is 42.7 Å². The predicted octanol–water partition coefficient (Wildman–Crippen LogP) is 3.37. The van der Waals surface area contributed by atoms with Crippen molar-refractivity contribution in [2.24, 2.45) is 5.73 Å². The number of nitrogens with zero attached hydrogens (tertiary/aromatic N) is 3. The molecule has 10 heteroatoms. The van der Waals surface area contributed by atoms with Crippen LogP contribution in [-0.4, -0.2) is 54.5 Å². The fourth-order valence-electron chi connectivity index (χ4n) is 3.61. The summed E-state index contributed by atoms with van der Waals surface area (Å²) in [5.74, 6) is 0.828. The number of thioether (sulfide) groups is 1. The molecule has 2 aromatic carbocycles. The normalized spacial score (nSPS) is 13.4. The predicted molar refractivity (Wildman–Crippen MR) is 134 cm³/mol. The van der Waals surface area contributed by atoms with E-state index in [-0.39, 0.29) is 12.5 Å². The van der Waals surface area contributed by atoms with E-state index in [0.717, 1.165) is 16.3 Å². The van der Waals surface area contributed by atoms with E-state index in [0.29, 0.717) is 49.2 Å². The zero-order valence-electron chi connectivity index (χ0n) is 18.8. The van der Waals surface area contributed by atoms with Gasteiger partial charge in [-0.3, -0.25) is 4.79 Å². The summed E-state index contributed by atoms with van der Waals surface area (Å²) in [7, 11) is 0. The number of nitrogens with two attached hydrogens (primary N) is 1. The molecule has 0 unspecified atom stereocenters. The number of carbonyl (C=O) groups is 2. The number of carbonyl (C=O) groups excluding carboxylic acids is 2. The number of para-hydroxylation sites is 1. The Labute approximate surface area is 202 Å². The van der Waals surface area contributed by atoms with Crippen LogP contribution in [0.1, 0.15) is 5.69 Å². The number of anilines is 3. The van der Waals surface area contributed by atoms with E-state index < -0.39 is 5.91 Å². The lowest BCUT2D eigenvalue weighted by Crippen LogP contribution is -2.37. The van der Waals surface area contributed by atoms with Gasteiger partial charge in [0, 0.05) is 30.0 Å². The SMILES string of the molecule is CSc1c(CC(N)=O)nc(-c2ccc(NC(=O)Nc3ccccc3)cc2)nc1N1CCOCC1. The Bertz CT molecular complexity index is 1150. The van der Waals surface area contributed by atoms with Crippen molar-refractivity contribution < 1.29 is 14.3 Å². The van der Waals surface area contributed by atoms with Gasteiger partial charge in [-0.2, -0.15) is 0 Å². The van der Waals surface area contributed by atoms with Gasteiger partial charge < -0.3 is 26.0 Å². The van der Waals surface area contributed by atoms with E-state index in [2.05, 4.69) is 20.5 Å². The van der Waals surface area contributed by atoms with Crippen molar-refractivity contribution in [2.75, 3.05) is 48.1 Å². The van der Waals surface area contributed by atoms with Crippen LogP contribution in [0, 0.1) is 0 Å². The number of hydrogen-bond acceptors (Lipinski definition) is 7. The van der Waals surface area contributed by atoms with Gasteiger partial charge in [0.25, 0.3) is 0 Å². The molecule has 9 nitrogen and oxygen atoms in total. The first-order valence-electron chi connectivity index (χ1n) is 10.8. The standard InChI is InChI=1S/C24H26N6O3S/c1-34-21-19(15-20(25)31)28-22(29-23(21)30-11-13-33-14-12-30)16-7-9-18(10-8-16)27-24(32)26-17-5-3-2-4-6-17/h2-10H,11-15H2,1H3,(H2,25,31)(H2,26,27,32). The van der Waals surface area contributed by atoms with Crippen molar-refractivity contribution in [3.05, 3.63) is 60.3 Å². The smallest absolute Gasteiger partial charge is 0.323 e. The van der Waals surface area contributed by atoms with Crippen LogP contribution in [0.15, 0.2) is 59.5 Å². The van der Waals surface area contributed by atoms with E-state index in [1.165, 1.54) is 11.8 Å². The van der Waals surface area contributed by atoms with Gasteiger partial charge in [0.2, 0.25) is 5.91 Å². The second-order valence-corrected chi connectivity index (χ2v) is 8.43. The largest absolute Gasteiger partial charge is 0.378 e. The molecule has 3 amide bonds. The first kappa shape index (κ1) is 23.5. The molecule has 176 valence electrons. The molecule has 4 N–H and O–H groups in total. The summed E-state index contributed by atoms with van der Waals surface area (Å²) < 4.78 is 5.48. The lowest BCUT2D eigenvalue weighted by atomic mass is 10.1. The second kappa shape index (κ2) is 11.0. The lowest BCUT2D eigenvalue weighted by molar-refractivity contribution is -0.117. The fraction of sp³-hybridized carbons (Fsp3) is 0.250. The number of morpholine rings is 1. The maximum atomic E-state index is 12.3. The van der Waals surface area contributed by atoms with Gasteiger partial charge in [0.1, 0.15) is 5.82 Å². The highest BCUT2D eigenvalue weighted by molar-refractivity contribution is 7.98. The summed E-state index contributed by atoms with van der Waals surface area (Å²) in [6, 6.07) is 16.1. The molecule has 1 aliphatic heterocycles. The van der Waals surface area contributed by atoms with Crippen molar-refractivity contribution in [1.82, 2.24) is 9.97 Å². The van der Waals surface area contributed by atoms with Crippen molar-refractivity contribution in [3.8, 4) is 11.4 Å². The third-order valence-electron chi connectivity index (χ3n) is 5.21. The summed E-state index contributed by atoms with van der Waals surface area (Å²) in [6.45, 7) is 2.65. The average Bonchev–Trinajstić information content (AvgIpc) is 2.85. The number of nitrogens with one attached hydrogen (secondary N) is 2. The number of urea groups is 1. The number of rotatable bonds is 7. The van der Waals surface area contributed by atoms with Gasteiger partial charge in [-0.25, -0.2) is 14.8 Å². The van der Waals surface area contributed by atoms with E-state index in [1.54, 1.807) is 12.1 Å². The van der Waals surface area contributed by atoms with Crippen LogP contribution in [0.2, 0.25) is 0 Å². The van der Waals surface area contributed by atoms with Crippen LogP contribution in [0.25, 0.3) is 11.4 Å². The molecule has 0 saturated carbocycles. The minimum absolute atomic E-state index is 0.0301. The first-order valence-corrected chi connectivity index (χ1v) is 12.1. The van der Waals surface area contributed by atoms with Crippen LogP contribution in [0.5, 0.6) is 0 Å². The molecular weight excluding hydrogens is 452 g/mol. The minimum atomic E-state index is -0.447. The number of hydrogen-bond donors (Lipinski definition) is 3. The maximum Gasteiger partial charge on any atom is 0.323 e. The average molecular weight is 479 g/mol. The van der Waals surface area contributed by atoms with Gasteiger partial charge in [0.05, 0.1) is 30.2 Å². The summed E-state index contributed by atoms with van der Waals surface area (Å²) in [5, 5.41) is 5.59. The van der Waals surface area contributed by atoms with Gasteiger partial charge in [0.15, 0.2) is 5.82 Å². The zero-order chi connectivity index (χ0) is 23.9. The van der Waals surface area contributed by atoms with Gasteiger partial charge >= 0.3 is 6.03 Å². The lowest BCUT2D eigenvalue weighted by Gasteiger charge is -2.30. The van der Waals surface area contributed by atoms with Crippen molar-refractivity contribution in [1.29, 1.82) is 0 Å². The highest BCUT2D eigenvalue weighted by Gasteiger charge is 2.22. The second-order valence-electron chi connectivity index (χ2n) is 7.62. The van der Waals surface area contributed by atoms with Gasteiger partial charge in [-0.1, -0.05) is 18.2 Å². The molecular formula is C24H26N6O3S. The van der Waals surface area contributed by atoms with Crippen LogP contribution >= 0.6 is 11.8 Å². The third kappa shape index (κ3) is 5.83. The monoisotopic (exact) mass is 478 g/mol. The summed E-state index contributed by atoms with van der Waals surface area (Å²) in [5.41, 5.74) is 8.20. The molecule has 1 saturated heterocycles. The molecule has 0 radical (unpaired) electrons. The molecule has 34 heavy (non-hydrogen) atoms. The number of benzene rings is 2. The first-order chi connectivity index (χ1) is 16.5. The van der Waals surface area contributed by atoms with E-state index >= 15 is 0 Å². The summed E-state index contributed by atoms with van der Waals surface area (Å²) >= 11 is 1.50. The maximum absolute atomic E-state index is 12.3. The highest BCUT2D eigenvalue weighted by Crippen LogP contribution is 2.33. The highest BCUT2D eigenvalue weighted by atomic mass is 32.2. The van der Waals surface area contributed by atoms with Crippen LogP contribution in [0.4, 0.5) is 22.0 Å². The van der Waals surface area contributed by atoms with E-state index in [4.69, 9.17) is 15.5 Å². The molecule has 1 aromatic heterocycles. The Kier molecular flexibility index (Phi) is 7.61. The number of amides is 3. The Morgan fingerprint density at radius 2 is 1.65 bits per heavy atom. The number of ether oxygens (including phenoxy) is 1. The summed E-state index contributed by atoms with van der Waals surface area (Å²) in [6.07, 6.45) is 1.97. The summed E-state index contributed by atoms with van der Waals surface area (Å²) in [4.78, 5) is 36.5. The van der Waals surface area contributed by atoms with Crippen molar-refractivity contribution >= 4 is 40.9 Å². The van der Waals surface area contributed by atoms with Crippen molar-refractivity contribution in [2.45, 2.75) is 11.3 Å². The van der Waals surface area contributed by atoms with Crippen LogP contribution < -0.4 is 21.3 Å². The number of aromatic nitrogens is 2. The molecule has 0 aliphatic carbocycles. The molecule has 1 aliphatic rings. The fourth-order valence-corrected chi connectivity index (χ4v) is 4.32. The quantitative estimate of drug-likeness (QED) is 0.445. The van der Waals surface area contributed by atoms with Crippen LogP contribution in [-0.2, 0) is 16.0 Å². The van der Waals surface area contributed by atoms with Crippen LogP contribution in [0.3, 0.4) is 0 Å². The minimum Gasteiger partial charge on any atom is -0.378 e. The van der Waals surface area contributed by atoms with E-state index in [9.17, 15) is 9.59 Å². The zero-order valence-corrected chi connectivity index (χ0v) is 19.6. The molecule has 0 spiro atoms.